The lowest BCUT2D eigenvalue weighted by Gasteiger charge is -2.39. The van der Waals surface area contributed by atoms with Crippen molar-refractivity contribution in [1.29, 1.82) is 0 Å². The van der Waals surface area contributed by atoms with Crippen molar-refractivity contribution < 1.29 is 17.9 Å². The second kappa shape index (κ2) is 10.6. The summed E-state index contributed by atoms with van der Waals surface area (Å²) in [7, 11) is -1.80. The SMILES string of the molecule is COc1ccccc1N1CCN(C(=O)C2CCC(CNS(=O)(=O)c3ccccc3)CC2)CC1. The monoisotopic (exact) mass is 471 g/mol. The number of amides is 1. The highest BCUT2D eigenvalue weighted by molar-refractivity contribution is 7.89. The topological polar surface area (TPSA) is 79.0 Å². The molecule has 2 aliphatic rings. The largest absolute Gasteiger partial charge is 0.495 e. The van der Waals surface area contributed by atoms with Gasteiger partial charge in [0, 0.05) is 38.6 Å². The molecule has 1 aliphatic heterocycles. The number of ether oxygens (including phenoxy) is 1. The molecule has 33 heavy (non-hydrogen) atoms. The summed E-state index contributed by atoms with van der Waals surface area (Å²) >= 11 is 0. The molecule has 178 valence electrons. The van der Waals surface area contributed by atoms with Crippen molar-refractivity contribution in [2.75, 3.05) is 44.7 Å². The van der Waals surface area contributed by atoms with Gasteiger partial charge in [-0.25, -0.2) is 13.1 Å². The van der Waals surface area contributed by atoms with E-state index >= 15 is 0 Å². The zero-order chi connectivity index (χ0) is 23.3. The molecule has 0 radical (unpaired) electrons. The van der Waals surface area contributed by atoms with E-state index in [2.05, 4.69) is 15.7 Å². The number of methoxy groups -OCH3 is 1. The number of carbonyl (C=O) groups excluding carboxylic acids is 1. The maximum absolute atomic E-state index is 13.1. The van der Waals surface area contributed by atoms with E-state index in [1.165, 1.54) is 0 Å². The van der Waals surface area contributed by atoms with Crippen LogP contribution in [-0.4, -0.2) is 59.1 Å². The van der Waals surface area contributed by atoms with Crippen molar-refractivity contribution in [3.05, 3.63) is 54.6 Å². The van der Waals surface area contributed by atoms with Gasteiger partial charge in [-0.2, -0.15) is 0 Å². The summed E-state index contributed by atoms with van der Waals surface area (Å²) in [6.45, 7) is 3.45. The highest BCUT2D eigenvalue weighted by atomic mass is 32.2. The number of benzene rings is 2. The minimum absolute atomic E-state index is 0.0461. The van der Waals surface area contributed by atoms with Gasteiger partial charge in [0.1, 0.15) is 5.75 Å². The molecule has 1 aliphatic carbocycles. The molecule has 8 heteroatoms. The first-order valence-electron chi connectivity index (χ1n) is 11.7. The molecule has 4 rings (SSSR count). The van der Waals surface area contributed by atoms with Crippen LogP contribution in [0.25, 0.3) is 0 Å². The second-order valence-corrected chi connectivity index (χ2v) is 10.6. The summed E-state index contributed by atoms with van der Waals surface area (Å²) in [4.78, 5) is 17.7. The van der Waals surface area contributed by atoms with Gasteiger partial charge >= 0.3 is 0 Å². The molecule has 1 saturated carbocycles. The van der Waals surface area contributed by atoms with Gasteiger partial charge in [0.2, 0.25) is 15.9 Å². The summed E-state index contributed by atoms with van der Waals surface area (Å²) < 4.78 is 33.1. The van der Waals surface area contributed by atoms with E-state index in [9.17, 15) is 13.2 Å². The minimum Gasteiger partial charge on any atom is -0.495 e. The van der Waals surface area contributed by atoms with E-state index in [1.54, 1.807) is 37.4 Å². The molecular formula is C25H33N3O4S. The average molecular weight is 472 g/mol. The number of anilines is 1. The quantitative estimate of drug-likeness (QED) is 0.671. The van der Waals surface area contributed by atoms with Crippen molar-refractivity contribution in [3.8, 4) is 5.75 Å². The Bertz CT molecular complexity index is 1030. The normalized spacial score (nSPS) is 21.6. The fraction of sp³-hybridized carbons (Fsp3) is 0.480. The standard InChI is InChI=1S/C25H33N3O4S/c1-32-24-10-6-5-9-23(24)27-15-17-28(18-16-27)25(29)21-13-11-20(12-14-21)19-26-33(30,31)22-7-3-2-4-8-22/h2-10,20-21,26H,11-19H2,1H3. The summed E-state index contributed by atoms with van der Waals surface area (Å²) in [5, 5.41) is 0. The van der Waals surface area contributed by atoms with Crippen LogP contribution in [0.5, 0.6) is 5.75 Å². The van der Waals surface area contributed by atoms with Crippen LogP contribution in [0.1, 0.15) is 25.7 Å². The molecule has 0 aromatic heterocycles. The van der Waals surface area contributed by atoms with Crippen LogP contribution in [0.2, 0.25) is 0 Å². The van der Waals surface area contributed by atoms with E-state index in [1.807, 2.05) is 23.1 Å². The molecular weight excluding hydrogens is 438 g/mol. The zero-order valence-electron chi connectivity index (χ0n) is 19.2. The van der Waals surface area contributed by atoms with Crippen molar-refractivity contribution in [1.82, 2.24) is 9.62 Å². The predicted octanol–water partition coefficient (Wildman–Crippen LogP) is 3.13. The van der Waals surface area contributed by atoms with Gasteiger partial charge in [-0.1, -0.05) is 30.3 Å². The van der Waals surface area contributed by atoms with Crippen LogP contribution >= 0.6 is 0 Å². The number of nitrogens with zero attached hydrogens (tertiary/aromatic N) is 2. The zero-order valence-corrected chi connectivity index (χ0v) is 20.0. The number of hydrogen-bond acceptors (Lipinski definition) is 5. The number of para-hydroxylation sites is 2. The summed E-state index contributed by atoms with van der Waals surface area (Å²) in [5.41, 5.74) is 1.07. The van der Waals surface area contributed by atoms with Crippen LogP contribution < -0.4 is 14.4 Å². The molecule has 7 nitrogen and oxygen atoms in total. The molecule has 1 amide bonds. The molecule has 1 heterocycles. The van der Waals surface area contributed by atoms with Crippen molar-refractivity contribution in [3.63, 3.8) is 0 Å². The van der Waals surface area contributed by atoms with E-state index < -0.39 is 10.0 Å². The first-order chi connectivity index (χ1) is 16.0. The Hall–Kier alpha value is -2.58. The van der Waals surface area contributed by atoms with E-state index in [0.717, 1.165) is 50.2 Å². The summed E-state index contributed by atoms with van der Waals surface area (Å²) in [6, 6.07) is 16.4. The van der Waals surface area contributed by atoms with E-state index in [4.69, 9.17) is 4.74 Å². The number of piperazine rings is 1. The third kappa shape index (κ3) is 5.68. The lowest BCUT2D eigenvalue weighted by atomic mass is 9.81. The Morgan fingerprint density at radius 1 is 0.939 bits per heavy atom. The number of rotatable bonds is 7. The van der Waals surface area contributed by atoms with Gasteiger partial charge in [0.25, 0.3) is 0 Å². The number of carbonyl (C=O) groups is 1. The lowest BCUT2D eigenvalue weighted by molar-refractivity contribution is -0.137. The molecule has 0 bridgehead atoms. The van der Waals surface area contributed by atoms with E-state index in [-0.39, 0.29) is 17.7 Å². The van der Waals surface area contributed by atoms with Crippen molar-refractivity contribution >= 4 is 21.6 Å². The summed E-state index contributed by atoms with van der Waals surface area (Å²) in [6.07, 6.45) is 3.39. The van der Waals surface area contributed by atoms with Crippen molar-refractivity contribution in [2.24, 2.45) is 11.8 Å². The van der Waals surface area contributed by atoms with Crippen LogP contribution in [0.4, 0.5) is 5.69 Å². The number of nitrogens with one attached hydrogen (secondary N) is 1. The molecule has 0 unspecified atom stereocenters. The maximum Gasteiger partial charge on any atom is 0.240 e. The number of sulfonamides is 1. The van der Waals surface area contributed by atoms with Gasteiger partial charge in [0.15, 0.2) is 0 Å². The Morgan fingerprint density at radius 3 is 2.24 bits per heavy atom. The Balaban J connectivity index is 1.23. The van der Waals surface area contributed by atoms with Gasteiger partial charge in [-0.05, 0) is 55.9 Å². The maximum atomic E-state index is 13.1. The van der Waals surface area contributed by atoms with Crippen molar-refractivity contribution in [2.45, 2.75) is 30.6 Å². The molecule has 2 aromatic carbocycles. The first kappa shape index (κ1) is 23.6. The average Bonchev–Trinajstić information content (AvgIpc) is 2.88. The molecule has 1 N–H and O–H groups in total. The minimum atomic E-state index is -3.48. The first-order valence-corrected chi connectivity index (χ1v) is 13.2. The second-order valence-electron chi connectivity index (χ2n) is 8.87. The fourth-order valence-electron chi connectivity index (χ4n) is 4.84. The van der Waals surface area contributed by atoms with Crippen LogP contribution in [0.3, 0.4) is 0 Å². The Morgan fingerprint density at radius 2 is 1.58 bits per heavy atom. The fourth-order valence-corrected chi connectivity index (χ4v) is 5.98. The van der Waals surface area contributed by atoms with Gasteiger partial charge in [-0.15, -0.1) is 0 Å². The molecule has 2 fully saturated rings. The Kier molecular flexibility index (Phi) is 7.55. The summed E-state index contributed by atoms with van der Waals surface area (Å²) in [5.74, 6) is 1.43. The van der Waals surface area contributed by atoms with Gasteiger partial charge in [0.05, 0.1) is 17.7 Å². The van der Waals surface area contributed by atoms with Gasteiger partial charge in [-0.3, -0.25) is 4.79 Å². The lowest BCUT2D eigenvalue weighted by Crippen LogP contribution is -2.51. The van der Waals surface area contributed by atoms with Crippen LogP contribution in [-0.2, 0) is 14.8 Å². The number of hydrogen-bond donors (Lipinski definition) is 1. The van der Waals surface area contributed by atoms with Gasteiger partial charge < -0.3 is 14.5 Å². The molecule has 2 aromatic rings. The highest BCUT2D eigenvalue weighted by Crippen LogP contribution is 2.32. The van der Waals surface area contributed by atoms with Crippen LogP contribution in [0, 0.1) is 11.8 Å². The van der Waals surface area contributed by atoms with Crippen LogP contribution in [0.15, 0.2) is 59.5 Å². The molecule has 1 saturated heterocycles. The third-order valence-electron chi connectivity index (χ3n) is 6.83. The van der Waals surface area contributed by atoms with E-state index in [0.29, 0.717) is 24.5 Å². The third-order valence-corrected chi connectivity index (χ3v) is 8.27. The highest BCUT2D eigenvalue weighted by Gasteiger charge is 2.32. The Labute approximate surface area is 196 Å². The molecule has 0 spiro atoms. The molecule has 0 atom stereocenters. The smallest absolute Gasteiger partial charge is 0.240 e. The predicted molar refractivity (Wildman–Crippen MR) is 129 cm³/mol.